The number of halogens is 4. The summed E-state index contributed by atoms with van der Waals surface area (Å²) in [6.45, 7) is 0. The summed E-state index contributed by atoms with van der Waals surface area (Å²) in [7, 11) is -4.25. The fourth-order valence-corrected chi connectivity index (χ4v) is 3.53. The molecule has 0 radical (unpaired) electrons. The third-order valence-electron chi connectivity index (χ3n) is 2.55. The molecule has 9 heteroatoms. The summed E-state index contributed by atoms with van der Waals surface area (Å²) >= 11 is 6.37. The summed E-state index contributed by atoms with van der Waals surface area (Å²) < 4.78 is 54.6. The molecular weight excluding hydrogens is 434 g/mol. The molecule has 0 atom stereocenters. The highest BCUT2D eigenvalue weighted by Crippen LogP contribution is 2.30. The van der Waals surface area contributed by atoms with Crippen LogP contribution in [0.3, 0.4) is 0 Å². The lowest BCUT2D eigenvalue weighted by atomic mass is 10.3. The zero-order chi connectivity index (χ0) is 15.8. The van der Waals surface area contributed by atoms with Crippen molar-refractivity contribution in [2.45, 2.75) is 4.90 Å². The molecule has 4 nitrogen and oxygen atoms in total. The second-order valence-electron chi connectivity index (χ2n) is 4.00. The molecule has 0 heterocycles. The standard InChI is InChI=1S/C12H8Br2F2N2O2S/c13-6-1-2-7(14)9(5-6)18-21(19,20)10-4-3-8(15)12(17)11(10)16/h1-5,18H,17H2. The normalized spacial score (nSPS) is 11.4. The summed E-state index contributed by atoms with van der Waals surface area (Å²) in [6, 6.07) is 6.40. The van der Waals surface area contributed by atoms with E-state index in [9.17, 15) is 17.2 Å². The molecule has 0 aliphatic rings. The molecule has 0 amide bonds. The zero-order valence-electron chi connectivity index (χ0n) is 10.2. The Labute approximate surface area is 136 Å². The number of rotatable bonds is 3. The van der Waals surface area contributed by atoms with Gasteiger partial charge < -0.3 is 5.73 Å². The Bertz CT molecular complexity index is 813. The van der Waals surface area contributed by atoms with Crippen LogP contribution >= 0.6 is 31.9 Å². The molecule has 0 spiro atoms. The maximum atomic E-state index is 13.8. The molecule has 0 unspecified atom stereocenters. The molecule has 0 saturated carbocycles. The van der Waals surface area contributed by atoms with Gasteiger partial charge in [-0.3, -0.25) is 4.72 Å². The van der Waals surface area contributed by atoms with Crippen LogP contribution in [0.5, 0.6) is 0 Å². The number of nitrogens with one attached hydrogen (secondary N) is 1. The van der Waals surface area contributed by atoms with Crippen LogP contribution < -0.4 is 10.5 Å². The lowest BCUT2D eigenvalue weighted by molar-refractivity contribution is 0.557. The first kappa shape index (κ1) is 16.2. The van der Waals surface area contributed by atoms with E-state index in [-0.39, 0.29) is 5.69 Å². The minimum absolute atomic E-state index is 0.201. The van der Waals surface area contributed by atoms with Gasteiger partial charge in [0, 0.05) is 8.95 Å². The van der Waals surface area contributed by atoms with Crippen molar-refractivity contribution in [1.29, 1.82) is 0 Å². The smallest absolute Gasteiger partial charge is 0.264 e. The second kappa shape index (κ2) is 5.90. The summed E-state index contributed by atoms with van der Waals surface area (Å²) in [5.41, 5.74) is 4.53. The summed E-state index contributed by atoms with van der Waals surface area (Å²) in [5, 5.41) is 0. The Hall–Kier alpha value is -1.19. The molecule has 0 aliphatic carbocycles. The van der Waals surface area contributed by atoms with Gasteiger partial charge in [-0.05, 0) is 46.3 Å². The van der Waals surface area contributed by atoms with E-state index in [2.05, 4.69) is 36.6 Å². The lowest BCUT2D eigenvalue weighted by Crippen LogP contribution is -2.16. The largest absolute Gasteiger partial charge is 0.394 e. The number of hydrogen-bond acceptors (Lipinski definition) is 3. The summed E-state index contributed by atoms with van der Waals surface area (Å²) in [4.78, 5) is -0.728. The van der Waals surface area contributed by atoms with Crippen molar-refractivity contribution in [1.82, 2.24) is 0 Å². The highest BCUT2D eigenvalue weighted by Gasteiger charge is 2.23. The molecule has 0 bridgehead atoms. The van der Waals surface area contributed by atoms with Crippen molar-refractivity contribution >= 4 is 53.3 Å². The van der Waals surface area contributed by atoms with Crippen LogP contribution in [-0.2, 0) is 10.0 Å². The third kappa shape index (κ3) is 3.35. The van der Waals surface area contributed by atoms with Gasteiger partial charge in [-0.2, -0.15) is 0 Å². The first-order valence-corrected chi connectivity index (χ1v) is 8.50. The van der Waals surface area contributed by atoms with Crippen molar-refractivity contribution in [3.05, 3.63) is 50.9 Å². The maximum Gasteiger partial charge on any atom is 0.264 e. The van der Waals surface area contributed by atoms with Crippen molar-refractivity contribution in [3.63, 3.8) is 0 Å². The first-order chi connectivity index (χ1) is 9.72. The molecule has 3 N–H and O–H groups in total. The molecule has 21 heavy (non-hydrogen) atoms. The van der Waals surface area contributed by atoms with Crippen LogP contribution in [0, 0.1) is 11.6 Å². The van der Waals surface area contributed by atoms with Gasteiger partial charge in [0.15, 0.2) is 5.82 Å². The molecule has 0 fully saturated rings. The summed E-state index contributed by atoms with van der Waals surface area (Å²) in [5.74, 6) is -2.34. The van der Waals surface area contributed by atoms with E-state index < -0.39 is 32.2 Å². The Balaban J connectivity index is 2.49. The fourth-order valence-electron chi connectivity index (χ4n) is 1.53. The van der Waals surface area contributed by atoms with Crippen LogP contribution in [0.25, 0.3) is 0 Å². The Kier molecular flexibility index (Phi) is 4.54. The first-order valence-electron chi connectivity index (χ1n) is 5.43. The second-order valence-corrected chi connectivity index (χ2v) is 7.42. The van der Waals surface area contributed by atoms with E-state index in [1.165, 1.54) is 6.07 Å². The van der Waals surface area contributed by atoms with Gasteiger partial charge in [-0.25, -0.2) is 17.2 Å². The van der Waals surface area contributed by atoms with E-state index in [1.807, 2.05) is 0 Å². The van der Waals surface area contributed by atoms with Gasteiger partial charge in [0.25, 0.3) is 10.0 Å². The minimum Gasteiger partial charge on any atom is -0.394 e. The van der Waals surface area contributed by atoms with Crippen molar-refractivity contribution in [2.75, 3.05) is 10.5 Å². The molecule has 0 saturated heterocycles. The van der Waals surface area contributed by atoms with E-state index in [4.69, 9.17) is 5.73 Å². The SMILES string of the molecule is Nc1c(F)ccc(S(=O)(=O)Nc2cc(Br)ccc2Br)c1F. The van der Waals surface area contributed by atoms with Gasteiger partial charge in [0.05, 0.1) is 5.69 Å². The average molecular weight is 442 g/mol. The predicted molar refractivity (Wildman–Crippen MR) is 83.4 cm³/mol. The van der Waals surface area contributed by atoms with Crippen LogP contribution in [-0.4, -0.2) is 8.42 Å². The van der Waals surface area contributed by atoms with E-state index >= 15 is 0 Å². The predicted octanol–water partition coefficient (Wildman–Crippen LogP) is 3.87. The van der Waals surface area contributed by atoms with Crippen LogP contribution in [0.1, 0.15) is 0 Å². The Morgan fingerprint density at radius 2 is 1.76 bits per heavy atom. The monoisotopic (exact) mass is 440 g/mol. The number of benzene rings is 2. The quantitative estimate of drug-likeness (QED) is 0.710. The van der Waals surface area contributed by atoms with Crippen LogP contribution in [0.2, 0.25) is 0 Å². The van der Waals surface area contributed by atoms with Crippen molar-refractivity contribution in [2.24, 2.45) is 0 Å². The average Bonchev–Trinajstić information content (AvgIpc) is 2.39. The number of nitrogen functional groups attached to an aromatic ring is 1. The van der Waals surface area contributed by atoms with Gasteiger partial charge in [-0.15, -0.1) is 0 Å². The molecular formula is C12H8Br2F2N2O2S. The molecule has 112 valence electrons. The maximum absolute atomic E-state index is 13.8. The highest BCUT2D eigenvalue weighted by atomic mass is 79.9. The van der Waals surface area contributed by atoms with Crippen molar-refractivity contribution in [3.8, 4) is 0 Å². The van der Waals surface area contributed by atoms with Gasteiger partial charge >= 0.3 is 0 Å². The van der Waals surface area contributed by atoms with Gasteiger partial charge in [-0.1, -0.05) is 15.9 Å². The van der Waals surface area contributed by atoms with Gasteiger partial charge in [0.1, 0.15) is 16.4 Å². The molecule has 2 aromatic rings. The number of nitrogens with two attached hydrogens (primary N) is 1. The Morgan fingerprint density at radius 1 is 1.10 bits per heavy atom. The molecule has 0 aromatic heterocycles. The minimum atomic E-state index is -4.25. The number of hydrogen-bond donors (Lipinski definition) is 2. The number of sulfonamides is 1. The van der Waals surface area contributed by atoms with E-state index in [0.29, 0.717) is 8.95 Å². The third-order valence-corrected chi connectivity index (χ3v) is 5.12. The van der Waals surface area contributed by atoms with Crippen molar-refractivity contribution < 1.29 is 17.2 Å². The molecule has 2 rings (SSSR count). The highest BCUT2D eigenvalue weighted by molar-refractivity contribution is 9.11. The molecule has 0 aliphatic heterocycles. The Morgan fingerprint density at radius 3 is 2.43 bits per heavy atom. The van der Waals surface area contributed by atoms with Crippen LogP contribution in [0.15, 0.2) is 44.2 Å². The lowest BCUT2D eigenvalue weighted by Gasteiger charge is -2.12. The fraction of sp³-hybridized carbons (Fsp3) is 0. The number of anilines is 2. The van der Waals surface area contributed by atoms with Gasteiger partial charge in [0.2, 0.25) is 0 Å². The van der Waals surface area contributed by atoms with Crippen LogP contribution in [0.4, 0.5) is 20.2 Å². The molecule has 2 aromatic carbocycles. The van der Waals surface area contributed by atoms with E-state index in [1.54, 1.807) is 12.1 Å². The van der Waals surface area contributed by atoms with E-state index in [0.717, 1.165) is 12.1 Å². The summed E-state index contributed by atoms with van der Waals surface area (Å²) in [6.07, 6.45) is 0. The zero-order valence-corrected chi connectivity index (χ0v) is 14.2. The topological polar surface area (TPSA) is 72.2 Å².